The standard InChI is InChI=1S/C23H17BrF3NO/c24-20-4-2-1-3-19(20)22-14-13-21(28-22)17-7-5-15(6-8-17)16-9-11-18(12-10-16)29-23(25,26)27/h1-12,21H,13-14H2. The normalized spacial score (nSPS) is 16.6. The van der Waals surface area contributed by atoms with Gasteiger partial charge in [-0.15, -0.1) is 13.2 Å². The second-order valence-electron chi connectivity index (χ2n) is 6.80. The molecule has 0 fully saturated rings. The second-order valence-corrected chi connectivity index (χ2v) is 7.66. The van der Waals surface area contributed by atoms with Crippen LogP contribution in [0.2, 0.25) is 0 Å². The van der Waals surface area contributed by atoms with Gasteiger partial charge in [-0.25, -0.2) is 0 Å². The molecule has 0 saturated carbocycles. The number of nitrogens with zero attached hydrogens (tertiary/aromatic N) is 1. The van der Waals surface area contributed by atoms with Crippen molar-refractivity contribution >= 4 is 21.6 Å². The average molecular weight is 460 g/mol. The molecule has 0 spiro atoms. The highest BCUT2D eigenvalue weighted by Gasteiger charge is 2.31. The molecule has 3 aromatic carbocycles. The van der Waals surface area contributed by atoms with Crippen LogP contribution in [0, 0.1) is 0 Å². The molecule has 0 radical (unpaired) electrons. The van der Waals surface area contributed by atoms with Crippen molar-refractivity contribution in [2.24, 2.45) is 4.99 Å². The Morgan fingerprint density at radius 1 is 0.862 bits per heavy atom. The summed E-state index contributed by atoms with van der Waals surface area (Å²) in [5, 5.41) is 0. The Kier molecular flexibility index (Phi) is 5.46. The summed E-state index contributed by atoms with van der Waals surface area (Å²) >= 11 is 3.59. The minimum absolute atomic E-state index is 0.119. The van der Waals surface area contributed by atoms with E-state index in [0.717, 1.165) is 45.3 Å². The van der Waals surface area contributed by atoms with Crippen molar-refractivity contribution in [2.75, 3.05) is 0 Å². The van der Waals surface area contributed by atoms with Gasteiger partial charge in [0.05, 0.1) is 6.04 Å². The molecule has 2 nitrogen and oxygen atoms in total. The molecule has 6 heteroatoms. The van der Waals surface area contributed by atoms with E-state index < -0.39 is 6.36 Å². The van der Waals surface area contributed by atoms with E-state index in [-0.39, 0.29) is 11.8 Å². The predicted octanol–water partition coefficient (Wildman–Crippen LogP) is 7.34. The summed E-state index contributed by atoms with van der Waals surface area (Å²) < 4.78 is 41.8. The van der Waals surface area contributed by atoms with Gasteiger partial charge >= 0.3 is 6.36 Å². The van der Waals surface area contributed by atoms with Crippen LogP contribution in [0.4, 0.5) is 13.2 Å². The zero-order chi connectivity index (χ0) is 20.4. The molecule has 1 unspecified atom stereocenters. The number of hydrogen-bond donors (Lipinski definition) is 0. The first-order valence-corrected chi connectivity index (χ1v) is 9.96. The van der Waals surface area contributed by atoms with Crippen LogP contribution in [-0.4, -0.2) is 12.1 Å². The summed E-state index contributed by atoms with van der Waals surface area (Å²) in [6.07, 6.45) is -2.80. The maximum Gasteiger partial charge on any atom is 0.573 e. The topological polar surface area (TPSA) is 21.6 Å². The zero-order valence-corrected chi connectivity index (χ0v) is 16.9. The molecule has 1 heterocycles. The summed E-state index contributed by atoms with van der Waals surface area (Å²) in [6, 6.07) is 22.1. The average Bonchev–Trinajstić information content (AvgIpc) is 3.18. The lowest BCUT2D eigenvalue weighted by Crippen LogP contribution is -2.16. The van der Waals surface area contributed by atoms with Crippen LogP contribution in [0.5, 0.6) is 5.75 Å². The second kappa shape index (κ2) is 8.03. The van der Waals surface area contributed by atoms with Gasteiger partial charge in [-0.05, 0) is 47.7 Å². The first-order valence-electron chi connectivity index (χ1n) is 9.17. The van der Waals surface area contributed by atoms with Crippen LogP contribution >= 0.6 is 15.9 Å². The monoisotopic (exact) mass is 459 g/mol. The van der Waals surface area contributed by atoms with Crippen molar-refractivity contribution in [2.45, 2.75) is 25.2 Å². The van der Waals surface area contributed by atoms with E-state index >= 15 is 0 Å². The van der Waals surface area contributed by atoms with E-state index in [9.17, 15) is 13.2 Å². The molecule has 0 aliphatic carbocycles. The third kappa shape index (κ3) is 4.70. The molecule has 4 rings (SSSR count). The summed E-state index contributed by atoms with van der Waals surface area (Å²) in [6.45, 7) is 0. The van der Waals surface area contributed by atoms with E-state index in [1.54, 1.807) is 12.1 Å². The van der Waals surface area contributed by atoms with Gasteiger partial charge in [0, 0.05) is 15.7 Å². The molecule has 0 amide bonds. The number of benzene rings is 3. The minimum atomic E-state index is -4.68. The van der Waals surface area contributed by atoms with Gasteiger partial charge in [-0.2, -0.15) is 0 Å². The fourth-order valence-corrected chi connectivity index (χ4v) is 3.99. The van der Waals surface area contributed by atoms with Crippen LogP contribution in [0.3, 0.4) is 0 Å². The Labute approximate surface area is 175 Å². The van der Waals surface area contributed by atoms with Gasteiger partial charge in [0.2, 0.25) is 0 Å². The van der Waals surface area contributed by atoms with Crippen molar-refractivity contribution in [3.05, 3.63) is 88.4 Å². The quantitative estimate of drug-likeness (QED) is 0.399. The highest BCUT2D eigenvalue weighted by atomic mass is 79.9. The molecule has 0 aromatic heterocycles. The Bertz CT molecular complexity index is 1030. The molecular formula is C23H17BrF3NO. The van der Waals surface area contributed by atoms with Gasteiger partial charge in [0.25, 0.3) is 0 Å². The van der Waals surface area contributed by atoms with Gasteiger partial charge < -0.3 is 4.74 Å². The lowest BCUT2D eigenvalue weighted by molar-refractivity contribution is -0.274. The summed E-state index contributed by atoms with van der Waals surface area (Å²) in [5.41, 5.74) is 5.13. The van der Waals surface area contributed by atoms with Crippen LogP contribution in [0.25, 0.3) is 11.1 Å². The van der Waals surface area contributed by atoms with E-state index in [0.29, 0.717) is 0 Å². The van der Waals surface area contributed by atoms with Gasteiger partial charge in [-0.1, -0.05) is 70.5 Å². The van der Waals surface area contributed by atoms with Crippen LogP contribution in [-0.2, 0) is 0 Å². The van der Waals surface area contributed by atoms with Crippen molar-refractivity contribution < 1.29 is 17.9 Å². The molecular weight excluding hydrogens is 443 g/mol. The van der Waals surface area contributed by atoms with Gasteiger partial charge in [0.1, 0.15) is 5.75 Å². The Balaban J connectivity index is 1.49. The van der Waals surface area contributed by atoms with E-state index in [1.165, 1.54) is 12.1 Å². The van der Waals surface area contributed by atoms with E-state index in [2.05, 4.69) is 26.7 Å². The molecule has 29 heavy (non-hydrogen) atoms. The molecule has 0 bridgehead atoms. The highest BCUT2D eigenvalue weighted by molar-refractivity contribution is 9.10. The number of halogens is 4. The van der Waals surface area contributed by atoms with Crippen molar-refractivity contribution in [3.8, 4) is 16.9 Å². The van der Waals surface area contributed by atoms with Gasteiger partial charge in [0.15, 0.2) is 0 Å². The van der Waals surface area contributed by atoms with Crippen LogP contribution < -0.4 is 4.74 Å². The maximum absolute atomic E-state index is 12.3. The first kappa shape index (κ1) is 19.7. The lowest BCUT2D eigenvalue weighted by atomic mass is 9.99. The SMILES string of the molecule is FC(F)(F)Oc1ccc(-c2ccc(C3CCC(c4ccccc4Br)=N3)cc2)cc1. The molecule has 148 valence electrons. The van der Waals surface area contributed by atoms with Gasteiger partial charge in [-0.3, -0.25) is 4.99 Å². The number of ether oxygens (including phenoxy) is 1. The molecule has 3 aromatic rings. The first-order chi connectivity index (χ1) is 13.9. The Hall–Kier alpha value is -2.60. The smallest absolute Gasteiger partial charge is 0.406 e. The highest BCUT2D eigenvalue weighted by Crippen LogP contribution is 2.34. The zero-order valence-electron chi connectivity index (χ0n) is 15.3. The summed E-state index contributed by atoms with van der Waals surface area (Å²) in [7, 11) is 0. The number of aliphatic imine (C=N–C) groups is 1. The van der Waals surface area contributed by atoms with Crippen molar-refractivity contribution in [1.29, 1.82) is 0 Å². The molecule has 1 atom stereocenters. The molecule has 1 aliphatic rings. The van der Waals surface area contributed by atoms with Crippen molar-refractivity contribution in [3.63, 3.8) is 0 Å². The summed E-state index contributed by atoms with van der Waals surface area (Å²) in [4.78, 5) is 4.90. The largest absolute Gasteiger partial charge is 0.573 e. The van der Waals surface area contributed by atoms with E-state index in [4.69, 9.17) is 4.99 Å². The molecule has 0 N–H and O–H groups in total. The minimum Gasteiger partial charge on any atom is -0.406 e. The molecule has 1 aliphatic heterocycles. The fourth-order valence-electron chi connectivity index (χ4n) is 3.48. The van der Waals surface area contributed by atoms with E-state index in [1.807, 2.05) is 42.5 Å². The third-order valence-corrected chi connectivity index (χ3v) is 5.56. The van der Waals surface area contributed by atoms with Crippen molar-refractivity contribution in [1.82, 2.24) is 0 Å². The fraction of sp³-hybridized carbons (Fsp3) is 0.174. The maximum atomic E-state index is 12.3. The van der Waals surface area contributed by atoms with Crippen LogP contribution in [0.1, 0.15) is 30.0 Å². The number of alkyl halides is 3. The predicted molar refractivity (Wildman–Crippen MR) is 111 cm³/mol. The van der Waals surface area contributed by atoms with Crippen LogP contribution in [0.15, 0.2) is 82.3 Å². The lowest BCUT2D eigenvalue weighted by Gasteiger charge is -2.10. The Morgan fingerprint density at radius 3 is 2.10 bits per heavy atom. The Morgan fingerprint density at radius 2 is 1.48 bits per heavy atom. The third-order valence-electron chi connectivity index (χ3n) is 4.87. The number of rotatable bonds is 4. The molecule has 0 saturated heterocycles. The number of hydrogen-bond acceptors (Lipinski definition) is 2. The summed E-state index contributed by atoms with van der Waals surface area (Å²) in [5.74, 6) is -0.224.